The molecule has 2 rings (SSSR count). The van der Waals surface area contributed by atoms with Crippen molar-refractivity contribution in [1.82, 2.24) is 10.2 Å². The van der Waals surface area contributed by atoms with Gasteiger partial charge in [-0.1, -0.05) is 23.8 Å². The number of nitrogens with zero attached hydrogens (tertiary/aromatic N) is 2. The van der Waals surface area contributed by atoms with E-state index in [0.717, 1.165) is 50.7 Å². The van der Waals surface area contributed by atoms with Crippen LogP contribution in [0.15, 0.2) is 40.9 Å². The van der Waals surface area contributed by atoms with Crippen molar-refractivity contribution in [2.45, 2.75) is 26.3 Å². The molecule has 5 heteroatoms. The zero-order valence-electron chi connectivity index (χ0n) is 14.0. The van der Waals surface area contributed by atoms with Crippen molar-refractivity contribution in [3.63, 3.8) is 0 Å². The van der Waals surface area contributed by atoms with E-state index < -0.39 is 0 Å². The molecule has 4 nitrogen and oxygen atoms in total. The van der Waals surface area contributed by atoms with Crippen LogP contribution in [-0.4, -0.2) is 44.2 Å². The van der Waals surface area contributed by atoms with E-state index in [2.05, 4.69) is 16.4 Å². The number of benzene rings is 1. The monoisotopic (exact) mass is 319 g/mol. The van der Waals surface area contributed by atoms with E-state index in [9.17, 15) is 4.39 Å². The minimum Gasteiger partial charge on any atom is -0.377 e. The molecule has 0 amide bonds. The summed E-state index contributed by atoms with van der Waals surface area (Å²) >= 11 is 0. The van der Waals surface area contributed by atoms with Gasteiger partial charge in [-0.05, 0) is 37.5 Å². The Kier molecular flexibility index (Phi) is 7.07. The van der Waals surface area contributed by atoms with E-state index in [4.69, 9.17) is 4.74 Å². The highest BCUT2D eigenvalue weighted by Crippen LogP contribution is 2.12. The molecule has 1 N–H and O–H groups in total. The van der Waals surface area contributed by atoms with Gasteiger partial charge < -0.3 is 15.0 Å². The first-order chi connectivity index (χ1) is 11.2. The topological polar surface area (TPSA) is 36.9 Å². The zero-order valence-corrected chi connectivity index (χ0v) is 14.0. The van der Waals surface area contributed by atoms with Crippen LogP contribution >= 0.6 is 0 Å². The summed E-state index contributed by atoms with van der Waals surface area (Å²) in [7, 11) is 1.97. The van der Waals surface area contributed by atoms with Crippen molar-refractivity contribution in [3.05, 3.63) is 47.3 Å². The lowest BCUT2D eigenvalue weighted by atomic mass is 10.1. The molecule has 23 heavy (non-hydrogen) atoms. The molecule has 0 radical (unpaired) electrons. The van der Waals surface area contributed by atoms with Crippen molar-refractivity contribution in [3.8, 4) is 0 Å². The summed E-state index contributed by atoms with van der Waals surface area (Å²) in [5.41, 5.74) is 2.36. The Hall–Kier alpha value is -1.88. The number of rotatable bonds is 6. The molecular formula is C18H26FN3O. The van der Waals surface area contributed by atoms with Gasteiger partial charge >= 0.3 is 0 Å². The average molecular weight is 319 g/mol. The van der Waals surface area contributed by atoms with Gasteiger partial charge in [0.15, 0.2) is 5.96 Å². The summed E-state index contributed by atoms with van der Waals surface area (Å²) in [5.74, 6) is 0.647. The summed E-state index contributed by atoms with van der Waals surface area (Å²) in [6, 6.07) is 6.69. The van der Waals surface area contributed by atoms with E-state index in [1.165, 1.54) is 11.6 Å². The van der Waals surface area contributed by atoms with Crippen LogP contribution in [0.3, 0.4) is 0 Å². The van der Waals surface area contributed by atoms with E-state index in [1.54, 1.807) is 12.1 Å². The summed E-state index contributed by atoms with van der Waals surface area (Å²) in [6.07, 6.45) is 4.12. The maximum absolute atomic E-state index is 13.3. The third-order valence-corrected chi connectivity index (χ3v) is 3.76. The molecule has 126 valence electrons. The zero-order chi connectivity index (χ0) is 16.5. The maximum Gasteiger partial charge on any atom is 0.193 e. The van der Waals surface area contributed by atoms with E-state index in [-0.39, 0.29) is 5.82 Å². The molecule has 0 atom stereocenters. The normalized spacial score (nSPS) is 15.3. The molecule has 0 fully saturated rings. The van der Waals surface area contributed by atoms with E-state index in [1.807, 2.05) is 24.9 Å². The van der Waals surface area contributed by atoms with Crippen molar-refractivity contribution in [2.75, 3.05) is 33.4 Å². The minimum atomic E-state index is -0.204. The van der Waals surface area contributed by atoms with Crippen LogP contribution in [0, 0.1) is 5.82 Å². The molecule has 0 saturated carbocycles. The summed E-state index contributed by atoms with van der Waals surface area (Å²) < 4.78 is 18.6. The van der Waals surface area contributed by atoms with Crippen molar-refractivity contribution < 1.29 is 9.13 Å². The number of nitrogens with one attached hydrogen (secondary N) is 1. The second-order valence-electron chi connectivity index (χ2n) is 5.66. The number of ether oxygens (including phenoxy) is 1. The van der Waals surface area contributed by atoms with Crippen LogP contribution in [0.2, 0.25) is 0 Å². The van der Waals surface area contributed by atoms with Gasteiger partial charge in [0, 0.05) is 26.7 Å². The highest BCUT2D eigenvalue weighted by Gasteiger charge is 2.08. The molecule has 1 aliphatic heterocycles. The van der Waals surface area contributed by atoms with Gasteiger partial charge in [-0.25, -0.2) is 4.39 Å². The SMILES string of the molecule is CCNC(=NCCC1=CCOCC1)N(C)Cc1cccc(F)c1. The van der Waals surface area contributed by atoms with Gasteiger partial charge in [0.2, 0.25) is 0 Å². The summed E-state index contributed by atoms with van der Waals surface area (Å²) in [6.45, 7) is 5.77. The molecule has 1 aliphatic rings. The quantitative estimate of drug-likeness (QED) is 0.497. The van der Waals surface area contributed by atoms with Crippen LogP contribution < -0.4 is 5.32 Å². The molecule has 0 aliphatic carbocycles. The summed E-state index contributed by atoms with van der Waals surface area (Å²) in [5, 5.41) is 3.29. The number of halogens is 1. The number of aliphatic imine (C=N–C) groups is 1. The van der Waals surface area contributed by atoms with Crippen LogP contribution in [0.25, 0.3) is 0 Å². The Morgan fingerprint density at radius 2 is 2.30 bits per heavy atom. The fourth-order valence-electron chi connectivity index (χ4n) is 2.55. The first-order valence-corrected chi connectivity index (χ1v) is 8.18. The fourth-order valence-corrected chi connectivity index (χ4v) is 2.55. The third-order valence-electron chi connectivity index (χ3n) is 3.76. The molecule has 0 aromatic heterocycles. The van der Waals surface area contributed by atoms with Gasteiger partial charge in [-0.15, -0.1) is 0 Å². The first-order valence-electron chi connectivity index (χ1n) is 8.18. The smallest absolute Gasteiger partial charge is 0.193 e. The maximum atomic E-state index is 13.3. The number of hydrogen-bond donors (Lipinski definition) is 1. The van der Waals surface area contributed by atoms with Gasteiger partial charge in [0.05, 0.1) is 13.2 Å². The largest absolute Gasteiger partial charge is 0.377 e. The Balaban J connectivity index is 1.92. The van der Waals surface area contributed by atoms with Gasteiger partial charge in [0.25, 0.3) is 0 Å². The van der Waals surface area contributed by atoms with Crippen molar-refractivity contribution in [1.29, 1.82) is 0 Å². The minimum absolute atomic E-state index is 0.204. The lowest BCUT2D eigenvalue weighted by molar-refractivity contribution is 0.153. The highest BCUT2D eigenvalue weighted by molar-refractivity contribution is 5.79. The van der Waals surface area contributed by atoms with Crippen molar-refractivity contribution in [2.24, 2.45) is 4.99 Å². The van der Waals surface area contributed by atoms with Gasteiger partial charge in [-0.2, -0.15) is 0 Å². The molecule has 0 unspecified atom stereocenters. The summed E-state index contributed by atoms with van der Waals surface area (Å²) in [4.78, 5) is 6.71. The standard InChI is InChI=1S/C18H26FN3O/c1-3-20-18(21-10-7-15-8-11-23-12-9-15)22(2)14-16-5-4-6-17(19)13-16/h4-6,8,13H,3,7,9-12,14H2,1-2H3,(H,20,21). The van der Waals surface area contributed by atoms with Crippen molar-refractivity contribution >= 4 is 5.96 Å². The van der Waals surface area contributed by atoms with E-state index >= 15 is 0 Å². The Morgan fingerprint density at radius 3 is 3.00 bits per heavy atom. The number of hydrogen-bond acceptors (Lipinski definition) is 2. The molecule has 1 aromatic rings. The molecule has 1 aromatic carbocycles. The van der Waals surface area contributed by atoms with Gasteiger partial charge in [0.1, 0.15) is 5.82 Å². The Labute approximate surface area is 138 Å². The number of guanidine groups is 1. The Bertz CT molecular complexity index is 557. The second-order valence-corrected chi connectivity index (χ2v) is 5.66. The van der Waals surface area contributed by atoms with Crippen LogP contribution in [-0.2, 0) is 11.3 Å². The molecular weight excluding hydrogens is 293 g/mol. The van der Waals surface area contributed by atoms with Crippen LogP contribution in [0.5, 0.6) is 0 Å². The van der Waals surface area contributed by atoms with Crippen LogP contribution in [0.1, 0.15) is 25.3 Å². The molecule has 0 saturated heterocycles. The van der Waals surface area contributed by atoms with Gasteiger partial charge in [-0.3, -0.25) is 4.99 Å². The third kappa shape index (κ3) is 6.02. The second kappa shape index (κ2) is 9.30. The predicted molar refractivity (Wildman–Crippen MR) is 92.0 cm³/mol. The molecule has 1 heterocycles. The van der Waals surface area contributed by atoms with E-state index in [0.29, 0.717) is 6.54 Å². The lowest BCUT2D eigenvalue weighted by Gasteiger charge is -2.22. The van der Waals surface area contributed by atoms with Crippen LogP contribution in [0.4, 0.5) is 4.39 Å². The first kappa shape index (κ1) is 17.5. The molecule has 0 bridgehead atoms. The average Bonchev–Trinajstić information content (AvgIpc) is 2.55. The Morgan fingerprint density at radius 1 is 1.43 bits per heavy atom. The highest BCUT2D eigenvalue weighted by atomic mass is 19.1. The molecule has 0 spiro atoms. The lowest BCUT2D eigenvalue weighted by Crippen LogP contribution is -2.38. The predicted octanol–water partition coefficient (Wildman–Crippen LogP) is 2.96. The fraction of sp³-hybridized carbons (Fsp3) is 0.500.